The summed E-state index contributed by atoms with van der Waals surface area (Å²) in [5.74, 6) is 0.365. The highest BCUT2D eigenvalue weighted by atomic mass is 32.2. The Morgan fingerprint density at radius 1 is 1.24 bits per heavy atom. The van der Waals surface area contributed by atoms with E-state index < -0.39 is 10.0 Å². The van der Waals surface area contributed by atoms with E-state index in [1.807, 2.05) is 25.5 Å². The molecule has 6 heteroatoms. The second-order valence-electron chi connectivity index (χ2n) is 5.54. The first-order valence-electron chi connectivity index (χ1n) is 7.73. The van der Waals surface area contributed by atoms with Gasteiger partial charge in [0.25, 0.3) is 0 Å². The van der Waals surface area contributed by atoms with Gasteiger partial charge in [0.15, 0.2) is 0 Å². The third kappa shape index (κ3) is 4.83. The average Bonchev–Trinajstić information content (AvgIpc) is 2.79. The first-order valence-corrected chi connectivity index (χ1v) is 9.22. The molecule has 0 aliphatic carbocycles. The predicted molar refractivity (Wildman–Crippen MR) is 86.6 cm³/mol. The third-order valence-electron chi connectivity index (χ3n) is 4.05. The molecule has 0 saturated carbocycles. The van der Waals surface area contributed by atoms with Crippen LogP contribution in [-0.4, -0.2) is 25.6 Å². The van der Waals surface area contributed by atoms with Crippen LogP contribution in [0.3, 0.4) is 0 Å². The fourth-order valence-corrected chi connectivity index (χ4v) is 3.96. The number of sulfonamides is 1. The normalized spacial score (nSPS) is 13.8. The summed E-state index contributed by atoms with van der Waals surface area (Å²) in [4.78, 5) is 0.343. The zero-order valence-electron chi connectivity index (χ0n) is 13.8. The largest absolute Gasteiger partial charge is 0.352 e. The SMILES string of the molecule is CCNCc1cc(S(=O)(=O)NC(C)C(CC)CC)cn1C. The molecule has 1 heterocycles. The van der Waals surface area contributed by atoms with Crippen LogP contribution in [-0.2, 0) is 23.6 Å². The van der Waals surface area contributed by atoms with E-state index >= 15 is 0 Å². The van der Waals surface area contributed by atoms with E-state index in [1.54, 1.807) is 12.3 Å². The van der Waals surface area contributed by atoms with Crippen molar-refractivity contribution in [1.82, 2.24) is 14.6 Å². The molecule has 0 bridgehead atoms. The lowest BCUT2D eigenvalue weighted by Gasteiger charge is -2.21. The van der Waals surface area contributed by atoms with Gasteiger partial charge in [0.2, 0.25) is 10.0 Å². The molecule has 0 saturated heterocycles. The van der Waals surface area contributed by atoms with Crippen molar-refractivity contribution in [3.63, 3.8) is 0 Å². The van der Waals surface area contributed by atoms with Gasteiger partial charge in [0.1, 0.15) is 0 Å². The molecule has 1 rings (SSSR count). The molecule has 1 atom stereocenters. The molecular formula is C15H29N3O2S. The van der Waals surface area contributed by atoms with Crippen molar-refractivity contribution >= 4 is 10.0 Å². The van der Waals surface area contributed by atoms with E-state index in [0.29, 0.717) is 17.4 Å². The molecule has 1 aromatic heterocycles. The maximum Gasteiger partial charge on any atom is 0.242 e. The molecule has 0 amide bonds. The van der Waals surface area contributed by atoms with E-state index in [-0.39, 0.29) is 6.04 Å². The van der Waals surface area contributed by atoms with Crippen molar-refractivity contribution in [2.75, 3.05) is 6.54 Å². The molecule has 2 N–H and O–H groups in total. The molecule has 0 spiro atoms. The van der Waals surface area contributed by atoms with Gasteiger partial charge >= 0.3 is 0 Å². The monoisotopic (exact) mass is 315 g/mol. The highest BCUT2D eigenvalue weighted by molar-refractivity contribution is 7.89. The van der Waals surface area contributed by atoms with E-state index in [0.717, 1.165) is 25.1 Å². The molecule has 0 aliphatic rings. The molecule has 21 heavy (non-hydrogen) atoms. The number of rotatable bonds is 9. The summed E-state index contributed by atoms with van der Waals surface area (Å²) in [7, 11) is -1.58. The highest BCUT2D eigenvalue weighted by Crippen LogP contribution is 2.18. The Morgan fingerprint density at radius 3 is 2.38 bits per heavy atom. The third-order valence-corrected chi connectivity index (χ3v) is 5.57. The van der Waals surface area contributed by atoms with E-state index in [4.69, 9.17) is 0 Å². The maximum absolute atomic E-state index is 12.5. The Bertz CT molecular complexity index is 533. The molecule has 1 unspecified atom stereocenters. The van der Waals surface area contributed by atoms with Crippen LogP contribution in [0.25, 0.3) is 0 Å². The number of nitrogens with zero attached hydrogens (tertiary/aromatic N) is 1. The van der Waals surface area contributed by atoms with Crippen molar-refractivity contribution in [1.29, 1.82) is 0 Å². The van der Waals surface area contributed by atoms with Crippen molar-refractivity contribution in [2.24, 2.45) is 13.0 Å². The van der Waals surface area contributed by atoms with Crippen LogP contribution in [0.4, 0.5) is 0 Å². The van der Waals surface area contributed by atoms with E-state index in [2.05, 4.69) is 23.9 Å². The summed E-state index contributed by atoms with van der Waals surface area (Å²) in [5.41, 5.74) is 0.965. The lowest BCUT2D eigenvalue weighted by Crippen LogP contribution is -2.37. The topological polar surface area (TPSA) is 63.1 Å². The first-order chi connectivity index (χ1) is 9.85. The van der Waals surface area contributed by atoms with E-state index in [1.165, 1.54) is 0 Å². The van der Waals surface area contributed by atoms with E-state index in [9.17, 15) is 8.42 Å². The minimum absolute atomic E-state index is 0.0533. The van der Waals surface area contributed by atoms with Gasteiger partial charge in [0, 0.05) is 31.5 Å². The Balaban J connectivity index is 2.88. The van der Waals surface area contributed by atoms with Gasteiger partial charge in [-0.1, -0.05) is 33.6 Å². The van der Waals surface area contributed by atoms with Crippen LogP contribution in [0.15, 0.2) is 17.2 Å². The van der Waals surface area contributed by atoms with Crippen LogP contribution >= 0.6 is 0 Å². The number of aromatic nitrogens is 1. The molecule has 1 aromatic rings. The zero-order chi connectivity index (χ0) is 16.0. The smallest absolute Gasteiger partial charge is 0.242 e. The summed E-state index contributed by atoms with van der Waals surface area (Å²) in [6.45, 7) is 9.69. The van der Waals surface area contributed by atoms with Crippen LogP contribution < -0.4 is 10.0 Å². The van der Waals surface area contributed by atoms with Crippen LogP contribution in [0.5, 0.6) is 0 Å². The molecule has 0 aromatic carbocycles. The Morgan fingerprint density at radius 2 is 1.86 bits per heavy atom. The summed E-state index contributed by atoms with van der Waals surface area (Å²) >= 11 is 0. The molecule has 0 radical (unpaired) electrons. The Kier molecular flexibility index (Phi) is 6.90. The summed E-state index contributed by atoms with van der Waals surface area (Å²) in [5, 5.41) is 3.21. The van der Waals surface area contributed by atoms with Gasteiger partial charge in [-0.25, -0.2) is 13.1 Å². The van der Waals surface area contributed by atoms with Crippen LogP contribution in [0.1, 0.15) is 46.2 Å². The number of hydrogen-bond acceptors (Lipinski definition) is 3. The molecule has 0 fully saturated rings. The van der Waals surface area contributed by atoms with Crippen molar-refractivity contribution in [2.45, 2.75) is 58.0 Å². The summed E-state index contributed by atoms with van der Waals surface area (Å²) in [6, 6.07) is 1.69. The molecule has 122 valence electrons. The fraction of sp³-hybridized carbons (Fsp3) is 0.733. The van der Waals surface area contributed by atoms with Crippen molar-refractivity contribution in [3.8, 4) is 0 Å². The Hall–Kier alpha value is -0.850. The van der Waals surface area contributed by atoms with Gasteiger partial charge in [0.05, 0.1) is 4.90 Å². The van der Waals surface area contributed by atoms with Crippen molar-refractivity contribution in [3.05, 3.63) is 18.0 Å². The lowest BCUT2D eigenvalue weighted by atomic mass is 9.96. The second-order valence-corrected chi connectivity index (χ2v) is 7.26. The van der Waals surface area contributed by atoms with Gasteiger partial charge in [-0.3, -0.25) is 0 Å². The Labute approximate surface area is 129 Å². The lowest BCUT2D eigenvalue weighted by molar-refractivity contribution is 0.390. The van der Waals surface area contributed by atoms with Crippen LogP contribution in [0, 0.1) is 5.92 Å². The molecular weight excluding hydrogens is 286 g/mol. The first kappa shape index (κ1) is 18.2. The van der Waals surface area contributed by atoms with Gasteiger partial charge in [-0.15, -0.1) is 0 Å². The average molecular weight is 315 g/mol. The van der Waals surface area contributed by atoms with Gasteiger partial charge < -0.3 is 9.88 Å². The number of hydrogen-bond donors (Lipinski definition) is 2. The zero-order valence-corrected chi connectivity index (χ0v) is 14.6. The van der Waals surface area contributed by atoms with Gasteiger partial charge in [-0.05, 0) is 25.5 Å². The molecule has 5 nitrogen and oxygen atoms in total. The number of nitrogens with one attached hydrogen (secondary N) is 2. The fourth-order valence-electron chi connectivity index (χ4n) is 2.56. The van der Waals surface area contributed by atoms with Crippen LogP contribution in [0.2, 0.25) is 0 Å². The number of aryl methyl sites for hydroxylation is 1. The maximum atomic E-state index is 12.5. The van der Waals surface area contributed by atoms with Crippen molar-refractivity contribution < 1.29 is 8.42 Å². The summed E-state index contributed by atoms with van der Waals surface area (Å²) < 4.78 is 29.6. The minimum Gasteiger partial charge on any atom is -0.352 e. The second kappa shape index (κ2) is 7.96. The highest BCUT2D eigenvalue weighted by Gasteiger charge is 2.23. The van der Waals surface area contributed by atoms with Gasteiger partial charge in [-0.2, -0.15) is 0 Å². The quantitative estimate of drug-likeness (QED) is 0.734. The summed E-state index contributed by atoms with van der Waals surface area (Å²) in [6.07, 6.45) is 3.62. The predicted octanol–water partition coefficient (Wildman–Crippen LogP) is 2.24. The molecule has 0 aliphatic heterocycles. The minimum atomic E-state index is -3.45. The standard InChI is InChI=1S/C15H29N3O2S/c1-6-13(7-2)12(4)17-21(19,20)15-9-14(10-16-8-3)18(5)11-15/h9,11-13,16-17H,6-8,10H2,1-5H3.